The van der Waals surface area contributed by atoms with E-state index in [1.165, 1.54) is 5.56 Å². The molecule has 3 rings (SSSR count). The Labute approximate surface area is 150 Å². The molecule has 0 radical (unpaired) electrons. The lowest BCUT2D eigenvalue weighted by atomic mass is 10.1. The van der Waals surface area contributed by atoms with Gasteiger partial charge in [-0.1, -0.05) is 36.4 Å². The molecule has 0 spiro atoms. The summed E-state index contributed by atoms with van der Waals surface area (Å²) in [6, 6.07) is 17.8. The standard InChI is InChI=1S/C21H27N3O/c1-2-24(21(25)19-9-6-10-20(22)13-19)16-18-11-12-23(15-18)14-17-7-4-3-5-8-17/h3-10,13,18H,2,11-12,14-16,22H2,1H3. The summed E-state index contributed by atoms with van der Waals surface area (Å²) in [5, 5.41) is 0. The van der Waals surface area contributed by atoms with E-state index >= 15 is 0 Å². The van der Waals surface area contributed by atoms with E-state index in [4.69, 9.17) is 5.73 Å². The number of carbonyl (C=O) groups is 1. The van der Waals surface area contributed by atoms with E-state index in [1.54, 1.807) is 6.07 Å². The van der Waals surface area contributed by atoms with Crippen molar-refractivity contribution >= 4 is 11.6 Å². The summed E-state index contributed by atoms with van der Waals surface area (Å²) in [4.78, 5) is 17.2. The van der Waals surface area contributed by atoms with Gasteiger partial charge in [0.05, 0.1) is 0 Å². The van der Waals surface area contributed by atoms with Crippen LogP contribution in [-0.4, -0.2) is 41.9 Å². The second-order valence-electron chi connectivity index (χ2n) is 6.84. The molecular formula is C21H27N3O. The van der Waals surface area contributed by atoms with Crippen LogP contribution in [0.2, 0.25) is 0 Å². The van der Waals surface area contributed by atoms with Crippen LogP contribution in [0.3, 0.4) is 0 Å². The Bertz CT molecular complexity index is 701. The Morgan fingerprint density at radius 1 is 1.20 bits per heavy atom. The van der Waals surface area contributed by atoms with Crippen molar-refractivity contribution < 1.29 is 4.79 Å². The van der Waals surface area contributed by atoms with E-state index in [0.717, 1.165) is 39.1 Å². The number of nitrogen functional groups attached to an aromatic ring is 1. The van der Waals surface area contributed by atoms with Crippen molar-refractivity contribution in [3.8, 4) is 0 Å². The fourth-order valence-corrected chi connectivity index (χ4v) is 3.57. The number of hydrogen-bond acceptors (Lipinski definition) is 3. The fraction of sp³-hybridized carbons (Fsp3) is 0.381. The molecule has 1 fully saturated rings. The van der Waals surface area contributed by atoms with Crippen LogP contribution in [-0.2, 0) is 6.54 Å². The van der Waals surface area contributed by atoms with E-state index in [1.807, 2.05) is 30.0 Å². The zero-order valence-electron chi connectivity index (χ0n) is 14.9. The highest BCUT2D eigenvalue weighted by Gasteiger charge is 2.26. The van der Waals surface area contributed by atoms with Gasteiger partial charge in [-0.25, -0.2) is 0 Å². The zero-order chi connectivity index (χ0) is 17.6. The lowest BCUT2D eigenvalue weighted by Crippen LogP contribution is -2.36. The minimum Gasteiger partial charge on any atom is -0.399 e. The number of benzene rings is 2. The third kappa shape index (κ3) is 4.60. The summed E-state index contributed by atoms with van der Waals surface area (Å²) in [6.07, 6.45) is 1.15. The molecule has 1 saturated heterocycles. The van der Waals surface area contributed by atoms with Crippen molar-refractivity contribution in [1.29, 1.82) is 0 Å². The van der Waals surface area contributed by atoms with Crippen molar-refractivity contribution in [3.05, 3.63) is 65.7 Å². The quantitative estimate of drug-likeness (QED) is 0.823. The van der Waals surface area contributed by atoms with E-state index < -0.39 is 0 Å². The summed E-state index contributed by atoms with van der Waals surface area (Å²) in [5.74, 6) is 0.616. The molecule has 25 heavy (non-hydrogen) atoms. The van der Waals surface area contributed by atoms with Crippen molar-refractivity contribution in [2.45, 2.75) is 19.9 Å². The Morgan fingerprint density at radius 3 is 2.72 bits per heavy atom. The van der Waals surface area contributed by atoms with E-state index in [-0.39, 0.29) is 5.91 Å². The second-order valence-corrected chi connectivity index (χ2v) is 6.84. The van der Waals surface area contributed by atoms with Crippen LogP contribution in [0, 0.1) is 5.92 Å². The maximum absolute atomic E-state index is 12.7. The van der Waals surface area contributed by atoms with Crippen molar-refractivity contribution in [2.24, 2.45) is 5.92 Å². The summed E-state index contributed by atoms with van der Waals surface area (Å²) in [5.41, 5.74) is 8.49. The van der Waals surface area contributed by atoms with Crippen LogP contribution >= 0.6 is 0 Å². The third-order valence-corrected chi connectivity index (χ3v) is 4.90. The lowest BCUT2D eigenvalue weighted by molar-refractivity contribution is 0.0739. The van der Waals surface area contributed by atoms with Crippen LogP contribution in [0.15, 0.2) is 54.6 Å². The van der Waals surface area contributed by atoms with Gasteiger partial charge < -0.3 is 10.6 Å². The molecule has 2 aromatic carbocycles. The average Bonchev–Trinajstić information content (AvgIpc) is 3.07. The largest absolute Gasteiger partial charge is 0.399 e. The molecule has 1 heterocycles. The van der Waals surface area contributed by atoms with Gasteiger partial charge in [0, 0.05) is 37.4 Å². The average molecular weight is 337 g/mol. The minimum absolute atomic E-state index is 0.0799. The molecule has 132 valence electrons. The van der Waals surface area contributed by atoms with Gasteiger partial charge in [-0.15, -0.1) is 0 Å². The molecule has 4 nitrogen and oxygen atoms in total. The molecule has 1 amide bonds. The molecule has 2 N–H and O–H groups in total. The zero-order valence-corrected chi connectivity index (χ0v) is 14.9. The SMILES string of the molecule is CCN(CC1CCN(Cc2ccccc2)C1)C(=O)c1cccc(N)c1. The second kappa shape index (κ2) is 8.17. The van der Waals surface area contributed by atoms with Crippen LogP contribution in [0.4, 0.5) is 5.69 Å². The van der Waals surface area contributed by atoms with Crippen LogP contribution in [0.5, 0.6) is 0 Å². The van der Waals surface area contributed by atoms with Gasteiger partial charge in [0.2, 0.25) is 0 Å². The monoisotopic (exact) mass is 337 g/mol. The van der Waals surface area contributed by atoms with Gasteiger partial charge in [-0.3, -0.25) is 9.69 Å². The van der Waals surface area contributed by atoms with Gasteiger partial charge in [-0.2, -0.15) is 0 Å². The van der Waals surface area contributed by atoms with Crippen molar-refractivity contribution in [1.82, 2.24) is 9.80 Å². The predicted molar refractivity (Wildman–Crippen MR) is 102 cm³/mol. The number of nitrogens with zero attached hydrogens (tertiary/aromatic N) is 2. The van der Waals surface area contributed by atoms with Crippen LogP contribution in [0.1, 0.15) is 29.3 Å². The number of nitrogens with two attached hydrogens (primary N) is 1. The van der Waals surface area contributed by atoms with Gasteiger partial charge in [-0.05, 0) is 49.6 Å². The summed E-state index contributed by atoms with van der Waals surface area (Å²) in [6.45, 7) is 6.73. The first-order valence-electron chi connectivity index (χ1n) is 9.07. The summed E-state index contributed by atoms with van der Waals surface area (Å²) < 4.78 is 0. The van der Waals surface area contributed by atoms with Crippen molar-refractivity contribution in [3.63, 3.8) is 0 Å². The number of carbonyl (C=O) groups excluding carboxylic acids is 1. The molecular weight excluding hydrogens is 310 g/mol. The fourth-order valence-electron chi connectivity index (χ4n) is 3.57. The highest BCUT2D eigenvalue weighted by Crippen LogP contribution is 2.21. The van der Waals surface area contributed by atoms with E-state index in [0.29, 0.717) is 17.2 Å². The van der Waals surface area contributed by atoms with Gasteiger partial charge >= 0.3 is 0 Å². The van der Waals surface area contributed by atoms with E-state index in [2.05, 4.69) is 35.2 Å². The smallest absolute Gasteiger partial charge is 0.253 e. The first-order valence-corrected chi connectivity index (χ1v) is 9.07. The maximum Gasteiger partial charge on any atom is 0.253 e. The predicted octanol–water partition coefficient (Wildman–Crippen LogP) is 3.25. The molecule has 0 aliphatic carbocycles. The maximum atomic E-state index is 12.7. The molecule has 0 bridgehead atoms. The van der Waals surface area contributed by atoms with Gasteiger partial charge in [0.1, 0.15) is 0 Å². The third-order valence-electron chi connectivity index (χ3n) is 4.90. The first kappa shape index (κ1) is 17.5. The minimum atomic E-state index is 0.0799. The summed E-state index contributed by atoms with van der Waals surface area (Å²) >= 11 is 0. The Hall–Kier alpha value is -2.33. The lowest BCUT2D eigenvalue weighted by Gasteiger charge is -2.25. The number of amides is 1. The Balaban J connectivity index is 1.56. The highest BCUT2D eigenvalue weighted by molar-refractivity contribution is 5.95. The van der Waals surface area contributed by atoms with Gasteiger partial charge in [0.25, 0.3) is 5.91 Å². The number of anilines is 1. The summed E-state index contributed by atoms with van der Waals surface area (Å²) in [7, 11) is 0. The molecule has 0 saturated carbocycles. The Kier molecular flexibility index (Phi) is 5.71. The highest BCUT2D eigenvalue weighted by atomic mass is 16.2. The van der Waals surface area contributed by atoms with Crippen molar-refractivity contribution in [2.75, 3.05) is 31.9 Å². The molecule has 0 aromatic heterocycles. The molecule has 1 aliphatic heterocycles. The molecule has 2 aromatic rings. The molecule has 1 atom stereocenters. The normalized spacial score (nSPS) is 17.6. The topological polar surface area (TPSA) is 49.6 Å². The number of rotatable bonds is 6. The van der Waals surface area contributed by atoms with Crippen LogP contribution < -0.4 is 5.73 Å². The van der Waals surface area contributed by atoms with Gasteiger partial charge in [0.15, 0.2) is 0 Å². The van der Waals surface area contributed by atoms with E-state index in [9.17, 15) is 4.79 Å². The molecule has 1 unspecified atom stereocenters. The first-order chi connectivity index (χ1) is 12.2. The Morgan fingerprint density at radius 2 is 2.00 bits per heavy atom. The number of likely N-dealkylation sites (tertiary alicyclic amines) is 1. The molecule has 1 aliphatic rings. The van der Waals surface area contributed by atoms with Crippen LogP contribution in [0.25, 0.3) is 0 Å². The number of hydrogen-bond donors (Lipinski definition) is 1. The molecule has 4 heteroatoms.